The second-order valence-electron chi connectivity index (χ2n) is 4.41. The molecule has 0 aromatic heterocycles. The van der Waals surface area contributed by atoms with Crippen LogP contribution < -0.4 is 10.6 Å². The van der Waals surface area contributed by atoms with Gasteiger partial charge in [0.15, 0.2) is 0 Å². The van der Waals surface area contributed by atoms with Crippen LogP contribution in [0.1, 0.15) is 12.0 Å². The van der Waals surface area contributed by atoms with E-state index >= 15 is 0 Å². The molecule has 0 spiro atoms. The van der Waals surface area contributed by atoms with Crippen molar-refractivity contribution < 1.29 is 18.3 Å². The minimum absolute atomic E-state index is 0. The molecule has 1 aliphatic rings. The lowest BCUT2D eigenvalue weighted by Crippen LogP contribution is -2.41. The van der Waals surface area contributed by atoms with E-state index in [1.165, 1.54) is 0 Å². The number of rotatable bonds is 4. The van der Waals surface area contributed by atoms with Crippen molar-refractivity contribution in [2.24, 2.45) is 0 Å². The Hall–Kier alpha value is -1.24. The fraction of sp³-hybridized carbons (Fsp3) is 0.462. The van der Waals surface area contributed by atoms with Gasteiger partial charge in [-0.3, -0.25) is 4.79 Å². The van der Waals surface area contributed by atoms with Crippen LogP contribution in [0.4, 0.5) is 8.78 Å². The van der Waals surface area contributed by atoms with Crippen LogP contribution in [0, 0.1) is 11.6 Å². The monoisotopic (exact) mass is 306 g/mol. The van der Waals surface area contributed by atoms with E-state index < -0.39 is 11.6 Å². The van der Waals surface area contributed by atoms with E-state index in [0.29, 0.717) is 13.2 Å². The summed E-state index contributed by atoms with van der Waals surface area (Å²) in [6, 6.07) is 3.17. The zero-order valence-corrected chi connectivity index (χ0v) is 11.6. The lowest BCUT2D eigenvalue weighted by molar-refractivity contribution is -0.124. The average molecular weight is 307 g/mol. The van der Waals surface area contributed by atoms with Gasteiger partial charge in [-0.1, -0.05) is 0 Å². The van der Waals surface area contributed by atoms with Crippen molar-refractivity contribution in [3.63, 3.8) is 0 Å². The van der Waals surface area contributed by atoms with E-state index in [4.69, 9.17) is 4.74 Å². The topological polar surface area (TPSA) is 50.4 Å². The standard InChI is InChI=1S/C13H16F2N2O2.ClH/c14-10-1-2-12(15)9(5-10)7-17-13(18)6-11-8-16-3-4-19-11;/h1-2,5,11,16H,3-4,6-8H2,(H,17,18);1H. The molecule has 0 saturated carbocycles. The Bertz CT molecular complexity index is 454. The minimum Gasteiger partial charge on any atom is -0.375 e. The molecular weight excluding hydrogens is 290 g/mol. The van der Waals surface area contributed by atoms with Gasteiger partial charge in [-0.25, -0.2) is 8.78 Å². The van der Waals surface area contributed by atoms with E-state index in [1.807, 2.05) is 0 Å². The molecule has 1 amide bonds. The van der Waals surface area contributed by atoms with Crippen molar-refractivity contribution in [2.45, 2.75) is 19.1 Å². The van der Waals surface area contributed by atoms with Gasteiger partial charge in [-0.15, -0.1) is 12.4 Å². The number of benzene rings is 1. The molecule has 2 N–H and O–H groups in total. The van der Waals surface area contributed by atoms with Crippen molar-refractivity contribution >= 4 is 18.3 Å². The highest BCUT2D eigenvalue weighted by Crippen LogP contribution is 2.09. The number of carbonyl (C=O) groups excluding carboxylic acids is 1. The second-order valence-corrected chi connectivity index (χ2v) is 4.41. The third-order valence-corrected chi connectivity index (χ3v) is 2.90. The van der Waals surface area contributed by atoms with E-state index in [-0.39, 0.29) is 42.9 Å². The molecule has 112 valence electrons. The highest BCUT2D eigenvalue weighted by atomic mass is 35.5. The van der Waals surface area contributed by atoms with E-state index in [0.717, 1.165) is 24.7 Å². The van der Waals surface area contributed by atoms with Gasteiger partial charge in [0.1, 0.15) is 11.6 Å². The summed E-state index contributed by atoms with van der Waals surface area (Å²) in [6.07, 6.45) is 0.0512. The SMILES string of the molecule is Cl.O=C(CC1CNCCO1)NCc1cc(F)ccc1F. The highest BCUT2D eigenvalue weighted by molar-refractivity contribution is 5.85. The van der Waals surface area contributed by atoms with Gasteiger partial charge < -0.3 is 15.4 Å². The van der Waals surface area contributed by atoms with Crippen molar-refractivity contribution in [3.05, 3.63) is 35.4 Å². The van der Waals surface area contributed by atoms with Crippen molar-refractivity contribution in [1.29, 1.82) is 0 Å². The van der Waals surface area contributed by atoms with Gasteiger partial charge in [0.2, 0.25) is 5.91 Å². The summed E-state index contributed by atoms with van der Waals surface area (Å²) in [4.78, 5) is 11.6. The summed E-state index contributed by atoms with van der Waals surface area (Å²) in [7, 11) is 0. The van der Waals surface area contributed by atoms with Gasteiger partial charge in [0.25, 0.3) is 0 Å². The van der Waals surface area contributed by atoms with Gasteiger partial charge in [0, 0.05) is 25.2 Å². The second kappa shape index (κ2) is 8.14. The van der Waals surface area contributed by atoms with E-state index in [1.54, 1.807) is 0 Å². The number of ether oxygens (including phenoxy) is 1. The molecule has 0 bridgehead atoms. The quantitative estimate of drug-likeness (QED) is 0.884. The van der Waals surface area contributed by atoms with E-state index in [2.05, 4.69) is 10.6 Å². The third kappa shape index (κ3) is 5.03. The Labute approximate surface area is 122 Å². The number of hydrogen-bond donors (Lipinski definition) is 2. The van der Waals surface area contributed by atoms with Crippen LogP contribution in [-0.4, -0.2) is 31.7 Å². The fourth-order valence-corrected chi connectivity index (χ4v) is 1.90. The zero-order valence-electron chi connectivity index (χ0n) is 10.8. The predicted molar refractivity (Wildman–Crippen MR) is 72.7 cm³/mol. The maximum absolute atomic E-state index is 13.3. The first-order valence-corrected chi connectivity index (χ1v) is 6.18. The van der Waals surface area contributed by atoms with Gasteiger partial charge in [-0.2, -0.15) is 0 Å². The predicted octanol–water partition coefficient (Wildman–Crippen LogP) is 1.38. The molecule has 4 nitrogen and oxygen atoms in total. The van der Waals surface area contributed by atoms with Crippen molar-refractivity contribution in [2.75, 3.05) is 19.7 Å². The molecule has 1 aromatic rings. The zero-order chi connectivity index (χ0) is 13.7. The molecule has 0 aliphatic carbocycles. The number of halogens is 3. The first-order chi connectivity index (χ1) is 9.15. The van der Waals surface area contributed by atoms with Gasteiger partial charge >= 0.3 is 0 Å². The lowest BCUT2D eigenvalue weighted by atomic mass is 10.2. The molecular formula is C13H17ClF2N2O2. The Balaban J connectivity index is 0.00000200. The average Bonchev–Trinajstić information content (AvgIpc) is 2.41. The number of nitrogens with one attached hydrogen (secondary N) is 2. The summed E-state index contributed by atoms with van der Waals surface area (Å²) < 4.78 is 31.6. The number of morpholine rings is 1. The summed E-state index contributed by atoms with van der Waals surface area (Å²) in [6.45, 7) is 1.97. The molecule has 2 rings (SSSR count). The molecule has 1 aromatic carbocycles. The lowest BCUT2D eigenvalue weighted by Gasteiger charge is -2.23. The van der Waals surface area contributed by atoms with Crippen LogP contribution >= 0.6 is 12.4 Å². The molecule has 1 fully saturated rings. The smallest absolute Gasteiger partial charge is 0.222 e. The molecule has 1 atom stereocenters. The number of carbonyl (C=O) groups is 1. The first kappa shape index (κ1) is 16.8. The summed E-state index contributed by atoms with van der Waals surface area (Å²) >= 11 is 0. The highest BCUT2D eigenvalue weighted by Gasteiger charge is 2.17. The summed E-state index contributed by atoms with van der Waals surface area (Å²) in [5.41, 5.74) is 0.135. The Morgan fingerprint density at radius 3 is 2.95 bits per heavy atom. The van der Waals surface area contributed by atoms with Crippen LogP contribution in [0.15, 0.2) is 18.2 Å². The van der Waals surface area contributed by atoms with Crippen LogP contribution in [-0.2, 0) is 16.1 Å². The fourth-order valence-electron chi connectivity index (χ4n) is 1.90. The first-order valence-electron chi connectivity index (χ1n) is 6.18. The van der Waals surface area contributed by atoms with Crippen LogP contribution in [0.3, 0.4) is 0 Å². The number of amides is 1. The van der Waals surface area contributed by atoms with Gasteiger partial charge in [-0.05, 0) is 18.2 Å². The largest absolute Gasteiger partial charge is 0.375 e. The summed E-state index contributed by atoms with van der Waals surface area (Å²) in [5, 5.41) is 5.68. The molecule has 20 heavy (non-hydrogen) atoms. The van der Waals surface area contributed by atoms with Crippen LogP contribution in [0.2, 0.25) is 0 Å². The normalized spacial score (nSPS) is 18.2. The third-order valence-electron chi connectivity index (χ3n) is 2.90. The molecule has 1 aliphatic heterocycles. The van der Waals surface area contributed by atoms with Crippen LogP contribution in [0.5, 0.6) is 0 Å². The van der Waals surface area contributed by atoms with Crippen molar-refractivity contribution in [1.82, 2.24) is 10.6 Å². The Morgan fingerprint density at radius 2 is 2.25 bits per heavy atom. The maximum Gasteiger partial charge on any atom is 0.222 e. The molecule has 0 radical (unpaired) electrons. The minimum atomic E-state index is -0.530. The van der Waals surface area contributed by atoms with Crippen LogP contribution in [0.25, 0.3) is 0 Å². The molecule has 1 saturated heterocycles. The molecule has 1 heterocycles. The summed E-state index contributed by atoms with van der Waals surface area (Å²) in [5.74, 6) is -1.29. The maximum atomic E-state index is 13.3. The van der Waals surface area contributed by atoms with Crippen molar-refractivity contribution in [3.8, 4) is 0 Å². The molecule has 1 unspecified atom stereocenters. The van der Waals surface area contributed by atoms with Gasteiger partial charge in [0.05, 0.1) is 19.1 Å². The van der Waals surface area contributed by atoms with E-state index in [9.17, 15) is 13.6 Å². The Morgan fingerprint density at radius 1 is 1.45 bits per heavy atom. The Kier molecular flexibility index (Phi) is 6.84. The number of hydrogen-bond acceptors (Lipinski definition) is 3. The molecule has 7 heteroatoms.